The highest BCUT2D eigenvalue weighted by Crippen LogP contribution is 2.32. The Morgan fingerprint density at radius 3 is 2.68 bits per heavy atom. The molecule has 138 valence electrons. The van der Waals surface area contributed by atoms with E-state index in [2.05, 4.69) is 16.7 Å². The molecule has 2 aliphatic heterocycles. The van der Waals surface area contributed by atoms with E-state index >= 15 is 0 Å². The number of hydrogen-bond donors (Lipinski definition) is 0. The molecule has 2 fully saturated rings. The lowest BCUT2D eigenvalue weighted by atomic mass is 10.0. The lowest BCUT2D eigenvalue weighted by Gasteiger charge is -2.34. The van der Waals surface area contributed by atoms with Crippen molar-refractivity contribution < 1.29 is 14.3 Å². The standard InChI is InChI=1S/C20H30N2O3/c1-3-21-12-6-9-17(21)18-10-7-13-22(18)20(23)16-8-4-5-11-19(16)25-15-14-24-2/h4-5,8,11,17-18H,3,6-7,9-10,12-15H2,1-2H3/t17-,18-/m0/s1. The molecule has 0 radical (unpaired) electrons. The van der Waals surface area contributed by atoms with E-state index in [4.69, 9.17) is 9.47 Å². The van der Waals surface area contributed by atoms with Gasteiger partial charge in [-0.15, -0.1) is 0 Å². The second kappa shape index (κ2) is 8.68. The van der Waals surface area contributed by atoms with Crippen molar-refractivity contribution in [1.82, 2.24) is 9.80 Å². The molecule has 1 amide bonds. The van der Waals surface area contributed by atoms with Crippen molar-refractivity contribution in [3.8, 4) is 5.75 Å². The molecule has 1 aromatic rings. The Bertz CT molecular complexity index is 578. The molecule has 5 heteroatoms. The molecule has 5 nitrogen and oxygen atoms in total. The quantitative estimate of drug-likeness (QED) is 0.712. The maximum absolute atomic E-state index is 13.3. The van der Waals surface area contributed by atoms with Crippen LogP contribution in [0.25, 0.3) is 0 Å². The summed E-state index contributed by atoms with van der Waals surface area (Å²) in [7, 11) is 1.65. The number of likely N-dealkylation sites (tertiary alicyclic amines) is 2. The van der Waals surface area contributed by atoms with Crippen molar-refractivity contribution >= 4 is 5.91 Å². The molecular formula is C20H30N2O3. The van der Waals surface area contributed by atoms with E-state index in [-0.39, 0.29) is 5.91 Å². The number of carbonyl (C=O) groups is 1. The number of rotatable bonds is 7. The third-order valence-electron chi connectivity index (χ3n) is 5.49. The van der Waals surface area contributed by atoms with Gasteiger partial charge >= 0.3 is 0 Å². The predicted octanol–water partition coefficient (Wildman–Crippen LogP) is 2.80. The molecule has 3 rings (SSSR count). The Balaban J connectivity index is 1.75. The number of ether oxygens (including phenoxy) is 2. The van der Waals surface area contributed by atoms with Crippen LogP contribution in [-0.2, 0) is 4.74 Å². The second-order valence-electron chi connectivity index (χ2n) is 6.88. The first-order valence-corrected chi connectivity index (χ1v) is 9.52. The number of likely N-dealkylation sites (N-methyl/N-ethyl adjacent to an activating group) is 1. The van der Waals surface area contributed by atoms with Crippen LogP contribution in [0.2, 0.25) is 0 Å². The van der Waals surface area contributed by atoms with E-state index in [1.54, 1.807) is 7.11 Å². The summed E-state index contributed by atoms with van der Waals surface area (Å²) in [6.45, 7) is 6.28. The van der Waals surface area contributed by atoms with Gasteiger partial charge in [-0.05, 0) is 50.9 Å². The monoisotopic (exact) mass is 346 g/mol. The van der Waals surface area contributed by atoms with E-state index in [0.29, 0.717) is 36.6 Å². The first-order valence-electron chi connectivity index (χ1n) is 9.52. The van der Waals surface area contributed by atoms with E-state index in [1.807, 2.05) is 24.3 Å². The van der Waals surface area contributed by atoms with Crippen LogP contribution >= 0.6 is 0 Å². The average molecular weight is 346 g/mol. The van der Waals surface area contributed by atoms with Gasteiger partial charge in [0.2, 0.25) is 0 Å². The maximum Gasteiger partial charge on any atom is 0.257 e. The first kappa shape index (κ1) is 18.2. The third kappa shape index (κ3) is 3.98. The van der Waals surface area contributed by atoms with E-state index in [1.165, 1.54) is 12.8 Å². The van der Waals surface area contributed by atoms with Crippen LogP contribution < -0.4 is 4.74 Å². The van der Waals surface area contributed by atoms with Crippen LogP contribution in [0.1, 0.15) is 43.0 Å². The minimum absolute atomic E-state index is 0.110. The van der Waals surface area contributed by atoms with Crippen LogP contribution in [0.3, 0.4) is 0 Å². The minimum atomic E-state index is 0.110. The van der Waals surface area contributed by atoms with Crippen LogP contribution in [0.15, 0.2) is 24.3 Å². The topological polar surface area (TPSA) is 42.0 Å². The van der Waals surface area contributed by atoms with Crippen molar-refractivity contribution in [2.75, 3.05) is 40.0 Å². The highest BCUT2D eigenvalue weighted by atomic mass is 16.5. The summed E-state index contributed by atoms with van der Waals surface area (Å²) in [5.74, 6) is 0.771. The van der Waals surface area contributed by atoms with Gasteiger partial charge in [-0.2, -0.15) is 0 Å². The highest BCUT2D eigenvalue weighted by molar-refractivity contribution is 5.97. The minimum Gasteiger partial charge on any atom is -0.490 e. The summed E-state index contributed by atoms with van der Waals surface area (Å²) in [6, 6.07) is 8.43. The molecule has 2 atom stereocenters. The normalized spacial score (nSPS) is 24.0. The van der Waals surface area contributed by atoms with Gasteiger partial charge < -0.3 is 14.4 Å². The summed E-state index contributed by atoms with van der Waals surface area (Å²) < 4.78 is 10.8. The lowest BCUT2D eigenvalue weighted by Crippen LogP contribution is -2.48. The molecule has 0 spiro atoms. The molecule has 1 aromatic carbocycles. The fourth-order valence-corrected chi connectivity index (χ4v) is 4.28. The molecule has 2 saturated heterocycles. The van der Waals surface area contributed by atoms with Gasteiger partial charge in [0.1, 0.15) is 12.4 Å². The lowest BCUT2D eigenvalue weighted by molar-refractivity contribution is 0.0643. The number of hydrogen-bond acceptors (Lipinski definition) is 4. The molecule has 0 aliphatic carbocycles. The van der Waals surface area contributed by atoms with Crippen molar-refractivity contribution in [3.05, 3.63) is 29.8 Å². The Morgan fingerprint density at radius 1 is 1.12 bits per heavy atom. The number of amides is 1. The van der Waals surface area contributed by atoms with Crippen molar-refractivity contribution in [2.24, 2.45) is 0 Å². The average Bonchev–Trinajstić information content (AvgIpc) is 3.30. The number of nitrogens with zero attached hydrogens (tertiary/aromatic N) is 2. The van der Waals surface area contributed by atoms with Crippen molar-refractivity contribution in [1.29, 1.82) is 0 Å². The highest BCUT2D eigenvalue weighted by Gasteiger charge is 2.39. The molecule has 25 heavy (non-hydrogen) atoms. The summed E-state index contributed by atoms with van der Waals surface area (Å²) in [6.07, 6.45) is 4.65. The SMILES string of the molecule is CCN1CCC[C@H]1[C@@H]1CCCN1C(=O)c1ccccc1OCCOC. The van der Waals surface area contributed by atoms with E-state index < -0.39 is 0 Å². The summed E-state index contributed by atoms with van der Waals surface area (Å²) in [4.78, 5) is 17.9. The van der Waals surface area contributed by atoms with Gasteiger partial charge in [-0.25, -0.2) is 0 Å². The van der Waals surface area contributed by atoms with Crippen molar-refractivity contribution in [2.45, 2.75) is 44.7 Å². The summed E-state index contributed by atoms with van der Waals surface area (Å²) >= 11 is 0. The summed E-state index contributed by atoms with van der Waals surface area (Å²) in [5.41, 5.74) is 0.673. The number of para-hydroxylation sites is 1. The largest absolute Gasteiger partial charge is 0.490 e. The first-order chi connectivity index (χ1) is 12.3. The molecule has 0 aromatic heterocycles. The van der Waals surface area contributed by atoms with Gasteiger partial charge in [-0.3, -0.25) is 9.69 Å². The zero-order valence-electron chi connectivity index (χ0n) is 15.4. The van der Waals surface area contributed by atoms with Crippen LogP contribution in [0.5, 0.6) is 5.75 Å². The van der Waals surface area contributed by atoms with Gasteiger partial charge in [0.05, 0.1) is 12.2 Å². The molecule has 0 N–H and O–H groups in total. The van der Waals surface area contributed by atoms with Gasteiger partial charge in [0.25, 0.3) is 5.91 Å². The van der Waals surface area contributed by atoms with E-state index in [0.717, 1.165) is 32.5 Å². The van der Waals surface area contributed by atoms with Crippen LogP contribution in [0, 0.1) is 0 Å². The zero-order chi connectivity index (χ0) is 17.6. The Morgan fingerprint density at radius 2 is 1.88 bits per heavy atom. The Hall–Kier alpha value is -1.59. The molecule has 2 heterocycles. The van der Waals surface area contributed by atoms with Gasteiger partial charge in [0.15, 0.2) is 0 Å². The molecular weight excluding hydrogens is 316 g/mol. The number of benzene rings is 1. The molecule has 2 aliphatic rings. The second-order valence-corrected chi connectivity index (χ2v) is 6.88. The third-order valence-corrected chi connectivity index (χ3v) is 5.49. The zero-order valence-corrected chi connectivity index (χ0v) is 15.4. The Kier molecular flexibility index (Phi) is 6.32. The molecule has 0 saturated carbocycles. The fraction of sp³-hybridized carbons (Fsp3) is 0.650. The fourth-order valence-electron chi connectivity index (χ4n) is 4.28. The predicted molar refractivity (Wildman–Crippen MR) is 98.1 cm³/mol. The van der Waals surface area contributed by atoms with Crippen LogP contribution in [-0.4, -0.2) is 67.7 Å². The summed E-state index contributed by atoms with van der Waals surface area (Å²) in [5, 5.41) is 0. The van der Waals surface area contributed by atoms with Gasteiger partial charge in [0, 0.05) is 25.7 Å². The maximum atomic E-state index is 13.3. The molecule has 0 bridgehead atoms. The van der Waals surface area contributed by atoms with Crippen molar-refractivity contribution in [3.63, 3.8) is 0 Å². The number of methoxy groups -OCH3 is 1. The van der Waals surface area contributed by atoms with Crippen LogP contribution in [0.4, 0.5) is 0 Å². The Labute approximate surface area is 150 Å². The van der Waals surface area contributed by atoms with Gasteiger partial charge in [-0.1, -0.05) is 19.1 Å². The van der Waals surface area contributed by atoms with E-state index in [9.17, 15) is 4.79 Å². The smallest absolute Gasteiger partial charge is 0.257 e. The number of carbonyl (C=O) groups excluding carboxylic acids is 1. The molecule has 0 unspecified atom stereocenters.